The summed E-state index contributed by atoms with van der Waals surface area (Å²) in [6.45, 7) is 5.95. The molecule has 0 spiro atoms. The number of hydrogen-bond acceptors (Lipinski definition) is 6. The molecule has 2 aromatic carbocycles. The Balaban J connectivity index is 1.31. The molecule has 7 nitrogen and oxygen atoms in total. The van der Waals surface area contributed by atoms with E-state index in [1.807, 2.05) is 31.2 Å². The number of anilines is 1. The number of piperidine rings is 1. The first-order chi connectivity index (χ1) is 19.0. The van der Waals surface area contributed by atoms with Gasteiger partial charge in [-0.25, -0.2) is 13.9 Å². The minimum Gasteiger partial charge on any atom is -0.437 e. The van der Waals surface area contributed by atoms with Gasteiger partial charge in [0.05, 0.1) is 17.6 Å². The number of hydrogen-bond donors (Lipinski definition) is 1. The van der Waals surface area contributed by atoms with Gasteiger partial charge in [0.2, 0.25) is 5.88 Å². The number of aryl methyl sites for hydroxylation is 1. The average molecular weight is 528 g/mol. The van der Waals surface area contributed by atoms with E-state index in [9.17, 15) is 9.18 Å². The minimum absolute atomic E-state index is 0.212. The molecule has 6 rings (SSSR count). The van der Waals surface area contributed by atoms with Crippen LogP contribution in [0.15, 0.2) is 54.7 Å². The Kier molecular flexibility index (Phi) is 7.28. The molecule has 202 valence electrons. The summed E-state index contributed by atoms with van der Waals surface area (Å²) >= 11 is 0. The molecule has 1 saturated carbocycles. The summed E-state index contributed by atoms with van der Waals surface area (Å²) in [6, 6.07) is 13.7. The quantitative estimate of drug-likeness (QED) is 0.237. The van der Waals surface area contributed by atoms with Crippen molar-refractivity contribution in [2.75, 3.05) is 31.5 Å². The summed E-state index contributed by atoms with van der Waals surface area (Å²) in [4.78, 5) is 19.9. The number of Topliss-reactive ketones (excluding diaryl/α,β-unsaturated/α-hetero) is 1. The van der Waals surface area contributed by atoms with Crippen LogP contribution in [0.3, 0.4) is 0 Å². The number of halogens is 1. The van der Waals surface area contributed by atoms with Gasteiger partial charge in [0, 0.05) is 42.8 Å². The lowest BCUT2D eigenvalue weighted by atomic mass is 9.98. The number of ether oxygens (including phenoxy) is 1. The van der Waals surface area contributed by atoms with E-state index in [-0.39, 0.29) is 11.6 Å². The van der Waals surface area contributed by atoms with Crippen LogP contribution in [-0.2, 0) is 0 Å². The van der Waals surface area contributed by atoms with Crippen molar-refractivity contribution in [2.24, 2.45) is 5.92 Å². The second-order valence-corrected chi connectivity index (χ2v) is 10.8. The van der Waals surface area contributed by atoms with Crippen LogP contribution in [0.2, 0.25) is 0 Å². The second-order valence-electron chi connectivity index (χ2n) is 10.8. The Morgan fingerprint density at radius 1 is 1.10 bits per heavy atom. The normalized spacial score (nSPS) is 15.9. The van der Waals surface area contributed by atoms with Crippen LogP contribution in [0.1, 0.15) is 54.4 Å². The topological polar surface area (TPSA) is 71.8 Å². The summed E-state index contributed by atoms with van der Waals surface area (Å²) in [7, 11) is 0. The molecule has 0 amide bonds. The molecule has 0 atom stereocenters. The van der Waals surface area contributed by atoms with E-state index in [0.717, 1.165) is 67.1 Å². The molecule has 1 aliphatic carbocycles. The van der Waals surface area contributed by atoms with E-state index in [2.05, 4.69) is 10.2 Å². The first-order valence-electron chi connectivity index (χ1n) is 14.0. The van der Waals surface area contributed by atoms with Gasteiger partial charge in [0.25, 0.3) is 0 Å². The van der Waals surface area contributed by atoms with Crippen LogP contribution in [0, 0.1) is 18.7 Å². The standard InChI is InChI=1S/C31H34FN5O2/c1-21-16-23(10-11-26(21)29(38)17-22-8-9-22)28-20-34-31-27(33-12-15-36-13-3-2-4-14-36)19-30(35-37(28)31)39-25-7-5-6-24(32)18-25/h5-7,10-11,16,18-20,22,33H,2-4,8-9,12-15,17H2,1H3. The number of aromatic nitrogens is 3. The number of fused-ring (bicyclic) bond motifs is 1. The van der Waals surface area contributed by atoms with Crippen LogP contribution in [-0.4, -0.2) is 51.5 Å². The van der Waals surface area contributed by atoms with Crippen molar-refractivity contribution in [1.82, 2.24) is 19.5 Å². The SMILES string of the molecule is Cc1cc(-c2cnc3c(NCCN4CCCCC4)cc(Oc4cccc(F)c4)nn23)ccc1C(=O)CC1CC1. The zero-order valence-corrected chi connectivity index (χ0v) is 22.3. The Morgan fingerprint density at radius 3 is 2.72 bits per heavy atom. The summed E-state index contributed by atoms with van der Waals surface area (Å²) in [5.41, 5.74) is 4.91. The molecule has 8 heteroatoms. The van der Waals surface area contributed by atoms with E-state index in [1.165, 1.54) is 31.4 Å². The third-order valence-corrected chi connectivity index (χ3v) is 7.65. The van der Waals surface area contributed by atoms with E-state index in [4.69, 9.17) is 14.8 Å². The van der Waals surface area contributed by atoms with Crippen molar-refractivity contribution in [3.63, 3.8) is 0 Å². The highest BCUT2D eigenvalue weighted by Gasteiger charge is 2.25. The van der Waals surface area contributed by atoms with Crippen LogP contribution in [0.25, 0.3) is 16.9 Å². The molecule has 2 aromatic heterocycles. The maximum Gasteiger partial charge on any atom is 0.239 e. The number of nitrogens with one attached hydrogen (secondary N) is 1. The molecular formula is C31H34FN5O2. The lowest BCUT2D eigenvalue weighted by molar-refractivity contribution is 0.0975. The fourth-order valence-corrected chi connectivity index (χ4v) is 5.34. The minimum atomic E-state index is -0.372. The van der Waals surface area contributed by atoms with Crippen molar-refractivity contribution >= 4 is 17.1 Å². The first kappa shape index (κ1) is 25.5. The Hall–Kier alpha value is -3.78. The van der Waals surface area contributed by atoms with Gasteiger partial charge in [0.15, 0.2) is 11.4 Å². The molecule has 2 fully saturated rings. The molecule has 0 bridgehead atoms. The molecule has 39 heavy (non-hydrogen) atoms. The second kappa shape index (κ2) is 11.1. The Morgan fingerprint density at radius 2 is 1.95 bits per heavy atom. The van der Waals surface area contributed by atoms with Gasteiger partial charge in [-0.3, -0.25) is 4.79 Å². The zero-order chi connectivity index (χ0) is 26.8. The monoisotopic (exact) mass is 527 g/mol. The third kappa shape index (κ3) is 5.96. The molecule has 0 radical (unpaired) electrons. The van der Waals surface area contributed by atoms with E-state index in [0.29, 0.717) is 29.6 Å². The smallest absolute Gasteiger partial charge is 0.239 e. The van der Waals surface area contributed by atoms with E-state index in [1.54, 1.807) is 22.8 Å². The summed E-state index contributed by atoms with van der Waals surface area (Å²) < 4.78 is 21.6. The number of rotatable bonds is 10. The fourth-order valence-electron chi connectivity index (χ4n) is 5.34. The molecule has 1 aliphatic heterocycles. The lowest BCUT2D eigenvalue weighted by Gasteiger charge is -2.26. The molecule has 4 aromatic rings. The van der Waals surface area contributed by atoms with Crippen molar-refractivity contribution in [3.8, 4) is 22.9 Å². The van der Waals surface area contributed by atoms with Gasteiger partial charge in [-0.2, -0.15) is 0 Å². The average Bonchev–Trinajstić information content (AvgIpc) is 3.64. The highest BCUT2D eigenvalue weighted by Crippen LogP contribution is 2.35. The van der Waals surface area contributed by atoms with Gasteiger partial charge in [-0.05, 0) is 75.4 Å². The van der Waals surface area contributed by atoms with Crippen LogP contribution in [0.5, 0.6) is 11.6 Å². The number of carbonyl (C=O) groups is 1. The van der Waals surface area contributed by atoms with Crippen LogP contribution < -0.4 is 10.1 Å². The van der Waals surface area contributed by atoms with Gasteiger partial charge >= 0.3 is 0 Å². The molecule has 0 unspecified atom stereocenters. The maximum atomic E-state index is 13.8. The highest BCUT2D eigenvalue weighted by atomic mass is 19.1. The first-order valence-corrected chi connectivity index (χ1v) is 14.0. The Bertz CT molecular complexity index is 1490. The number of likely N-dealkylation sites (tertiary alicyclic amines) is 1. The molecule has 1 N–H and O–H groups in total. The van der Waals surface area contributed by atoms with Gasteiger partial charge in [-0.1, -0.05) is 24.6 Å². The van der Waals surface area contributed by atoms with Crippen LogP contribution in [0.4, 0.5) is 10.1 Å². The zero-order valence-electron chi connectivity index (χ0n) is 22.3. The largest absolute Gasteiger partial charge is 0.437 e. The van der Waals surface area contributed by atoms with Crippen molar-refractivity contribution in [1.29, 1.82) is 0 Å². The molecule has 2 aliphatic rings. The van der Waals surface area contributed by atoms with E-state index >= 15 is 0 Å². The van der Waals surface area contributed by atoms with Gasteiger partial charge in [0.1, 0.15) is 11.6 Å². The number of benzene rings is 2. The van der Waals surface area contributed by atoms with Gasteiger partial charge < -0.3 is 15.0 Å². The predicted octanol–water partition coefficient (Wildman–Crippen LogP) is 6.52. The summed E-state index contributed by atoms with van der Waals surface area (Å²) in [5.74, 6) is 1.10. The molecular weight excluding hydrogens is 493 g/mol. The Labute approximate surface area is 228 Å². The summed E-state index contributed by atoms with van der Waals surface area (Å²) in [5, 5.41) is 8.26. The predicted molar refractivity (Wildman–Crippen MR) is 150 cm³/mol. The van der Waals surface area contributed by atoms with Crippen LogP contribution >= 0.6 is 0 Å². The highest BCUT2D eigenvalue weighted by molar-refractivity contribution is 5.98. The summed E-state index contributed by atoms with van der Waals surface area (Å²) in [6.07, 6.45) is 8.55. The lowest BCUT2D eigenvalue weighted by Crippen LogP contribution is -2.33. The number of nitrogens with zero attached hydrogens (tertiary/aromatic N) is 4. The maximum absolute atomic E-state index is 13.8. The van der Waals surface area contributed by atoms with Crippen molar-refractivity contribution < 1.29 is 13.9 Å². The number of ketones is 1. The number of carbonyl (C=O) groups excluding carboxylic acids is 1. The molecule has 3 heterocycles. The third-order valence-electron chi connectivity index (χ3n) is 7.65. The number of imidazole rings is 1. The van der Waals surface area contributed by atoms with E-state index < -0.39 is 0 Å². The van der Waals surface area contributed by atoms with Crippen molar-refractivity contribution in [2.45, 2.75) is 45.4 Å². The van der Waals surface area contributed by atoms with Crippen molar-refractivity contribution in [3.05, 3.63) is 71.7 Å². The fraction of sp³-hybridized carbons (Fsp3) is 0.387. The van der Waals surface area contributed by atoms with Gasteiger partial charge in [-0.15, -0.1) is 5.10 Å². The molecule has 1 saturated heterocycles.